The van der Waals surface area contributed by atoms with Crippen LogP contribution in [0.25, 0.3) is 0 Å². The molecule has 0 saturated carbocycles. The van der Waals surface area contributed by atoms with Gasteiger partial charge in [-0.2, -0.15) is 0 Å². The summed E-state index contributed by atoms with van der Waals surface area (Å²) in [5, 5.41) is 20.3. The highest BCUT2D eigenvalue weighted by molar-refractivity contribution is 7.90. The van der Waals surface area contributed by atoms with Gasteiger partial charge in [0.25, 0.3) is 5.69 Å². The van der Waals surface area contributed by atoms with Crippen LogP contribution in [-0.2, 0) is 11.4 Å². The Balaban J connectivity index is 2.47. The average molecular weight is 342 g/mol. The summed E-state index contributed by atoms with van der Waals surface area (Å²) in [6.07, 6.45) is 0.440. The minimum atomic E-state index is -1.40. The van der Waals surface area contributed by atoms with Crippen LogP contribution >= 0.6 is 0 Å². The van der Waals surface area contributed by atoms with Gasteiger partial charge in [0, 0.05) is 35.5 Å². The number of nitrogens with zero attached hydrogens (tertiary/aromatic N) is 1. The third kappa shape index (κ3) is 3.74. The van der Waals surface area contributed by atoms with Gasteiger partial charge in [0.2, 0.25) is 0 Å². The number of aromatic carboxylic acids is 1. The number of non-ortho nitro benzene ring substituents is 1. The van der Waals surface area contributed by atoms with Gasteiger partial charge in [0.05, 0.1) is 17.6 Å². The first kappa shape index (κ1) is 17.5. The molecule has 0 amide bonds. The third-order valence-corrected chi connectivity index (χ3v) is 4.99. The fourth-order valence-electron chi connectivity index (χ4n) is 2.18. The van der Waals surface area contributed by atoms with Gasteiger partial charge in [-0.05, 0) is 20.8 Å². The van der Waals surface area contributed by atoms with Crippen molar-refractivity contribution in [3.05, 3.63) is 33.4 Å². The van der Waals surface area contributed by atoms with Crippen molar-refractivity contribution in [1.29, 1.82) is 0 Å². The average Bonchev–Trinajstić information content (AvgIpc) is 2.45. The number of nitrogens with one attached hydrogen (secondary N) is 1. The number of carbonyl (C=O) groups is 1. The van der Waals surface area contributed by atoms with Gasteiger partial charge in [-0.1, -0.05) is 0 Å². The molecule has 8 nitrogen and oxygen atoms in total. The molecule has 2 N–H and O–H groups in total. The molecule has 0 radical (unpaired) electrons. The van der Waals surface area contributed by atoms with Crippen LogP contribution in [0, 0.1) is 10.1 Å². The molecule has 0 fully saturated rings. The first-order chi connectivity index (χ1) is 10.6. The van der Waals surface area contributed by atoms with E-state index >= 15 is 0 Å². The lowest BCUT2D eigenvalue weighted by atomic mass is 9.97. The predicted octanol–water partition coefficient (Wildman–Crippen LogP) is 2.17. The second-order valence-corrected chi connectivity index (χ2v) is 8.16. The van der Waals surface area contributed by atoms with E-state index in [2.05, 4.69) is 4.72 Å². The van der Waals surface area contributed by atoms with E-state index in [1.807, 2.05) is 0 Å². The van der Waals surface area contributed by atoms with E-state index in [4.69, 9.17) is 4.74 Å². The fraction of sp³-hybridized carbons (Fsp3) is 0.500. The fourth-order valence-corrected chi connectivity index (χ4v) is 3.04. The third-order valence-electron chi connectivity index (χ3n) is 3.38. The van der Waals surface area contributed by atoms with Crippen LogP contribution in [0.5, 0.6) is 5.75 Å². The number of hydrogen-bond donors (Lipinski definition) is 2. The predicted molar refractivity (Wildman–Crippen MR) is 83.9 cm³/mol. The van der Waals surface area contributed by atoms with E-state index in [9.17, 15) is 24.6 Å². The SMILES string of the molecule is CC(C)(C)[S+]([O-])NC1CCOc2c(C(=O)O)cc([N+](=O)[O-])cc21. The van der Waals surface area contributed by atoms with E-state index in [0.717, 1.165) is 6.07 Å². The van der Waals surface area contributed by atoms with Crippen molar-refractivity contribution in [2.24, 2.45) is 0 Å². The highest BCUT2D eigenvalue weighted by Crippen LogP contribution is 2.39. The Labute approximate surface area is 136 Å². The van der Waals surface area contributed by atoms with Gasteiger partial charge in [-0.3, -0.25) is 10.1 Å². The highest BCUT2D eigenvalue weighted by Gasteiger charge is 2.35. The van der Waals surface area contributed by atoms with Crippen LogP contribution in [0.15, 0.2) is 12.1 Å². The van der Waals surface area contributed by atoms with Crippen molar-refractivity contribution in [3.8, 4) is 5.75 Å². The van der Waals surface area contributed by atoms with E-state index in [1.165, 1.54) is 6.07 Å². The number of benzene rings is 1. The summed E-state index contributed by atoms with van der Waals surface area (Å²) in [6, 6.07) is 1.78. The smallest absolute Gasteiger partial charge is 0.339 e. The number of fused-ring (bicyclic) bond motifs is 1. The van der Waals surface area contributed by atoms with Crippen LogP contribution in [0.4, 0.5) is 5.69 Å². The van der Waals surface area contributed by atoms with Gasteiger partial charge in [0.15, 0.2) is 0 Å². The summed E-state index contributed by atoms with van der Waals surface area (Å²) in [5.74, 6) is -1.21. The Kier molecular flexibility index (Phi) is 4.83. The van der Waals surface area contributed by atoms with Crippen molar-refractivity contribution in [2.75, 3.05) is 6.61 Å². The van der Waals surface area contributed by atoms with Gasteiger partial charge in [-0.15, -0.1) is 4.72 Å². The number of nitro benzene ring substituents is 1. The Hall–Kier alpha value is -1.84. The molecular weight excluding hydrogens is 324 g/mol. The minimum absolute atomic E-state index is 0.0951. The lowest BCUT2D eigenvalue weighted by Gasteiger charge is -2.31. The molecule has 23 heavy (non-hydrogen) atoms. The lowest BCUT2D eigenvalue weighted by molar-refractivity contribution is -0.385. The summed E-state index contributed by atoms with van der Waals surface area (Å²) >= 11 is -1.40. The Morgan fingerprint density at radius 3 is 2.65 bits per heavy atom. The molecule has 1 aliphatic heterocycles. The molecule has 1 aromatic rings. The maximum atomic E-state index is 12.3. The molecule has 2 rings (SSSR count). The summed E-state index contributed by atoms with van der Waals surface area (Å²) in [6.45, 7) is 5.63. The van der Waals surface area contributed by atoms with Crippen LogP contribution in [0.3, 0.4) is 0 Å². The number of carboxylic acids is 1. The second-order valence-electron chi connectivity index (χ2n) is 6.16. The minimum Gasteiger partial charge on any atom is -0.598 e. The Morgan fingerprint density at radius 2 is 2.13 bits per heavy atom. The Bertz CT molecular complexity index is 643. The van der Waals surface area contributed by atoms with E-state index < -0.39 is 33.0 Å². The van der Waals surface area contributed by atoms with E-state index in [0.29, 0.717) is 12.0 Å². The van der Waals surface area contributed by atoms with Crippen LogP contribution < -0.4 is 9.46 Å². The summed E-state index contributed by atoms with van der Waals surface area (Å²) < 4.78 is 20.1. The quantitative estimate of drug-likeness (QED) is 0.488. The maximum absolute atomic E-state index is 12.3. The van der Waals surface area contributed by atoms with Crippen LogP contribution in [0.2, 0.25) is 0 Å². The van der Waals surface area contributed by atoms with Crippen molar-refractivity contribution in [2.45, 2.75) is 38.0 Å². The number of rotatable bonds is 4. The molecule has 126 valence electrons. The van der Waals surface area contributed by atoms with E-state index in [-0.39, 0.29) is 23.6 Å². The van der Waals surface area contributed by atoms with E-state index in [1.54, 1.807) is 20.8 Å². The molecule has 0 bridgehead atoms. The molecule has 1 aliphatic rings. The summed E-state index contributed by atoms with van der Waals surface area (Å²) in [4.78, 5) is 21.7. The zero-order valence-corrected chi connectivity index (χ0v) is 13.8. The first-order valence-electron chi connectivity index (χ1n) is 6.97. The first-order valence-corrected chi connectivity index (χ1v) is 8.12. The number of ether oxygens (including phenoxy) is 1. The standard InChI is InChI=1S/C14H18N2O6S/c1-14(2,3)23(21)15-11-4-5-22-12-9(11)6-8(16(19)20)7-10(12)13(17)18/h6-7,11,15H,4-5H2,1-3H3,(H,17,18). The van der Waals surface area contributed by atoms with Gasteiger partial charge in [-0.25, -0.2) is 4.79 Å². The maximum Gasteiger partial charge on any atom is 0.339 e. The molecule has 0 aromatic heterocycles. The van der Waals surface area contributed by atoms with Crippen LogP contribution in [-0.4, -0.2) is 31.9 Å². The number of hydrogen-bond acceptors (Lipinski definition) is 6. The normalized spacial score (nSPS) is 18.7. The van der Waals surface area contributed by atoms with Gasteiger partial charge < -0.3 is 14.4 Å². The molecule has 0 aliphatic carbocycles. The van der Waals surface area contributed by atoms with Crippen molar-refractivity contribution < 1.29 is 24.1 Å². The van der Waals surface area contributed by atoms with Crippen LogP contribution in [0.1, 0.15) is 49.2 Å². The summed E-state index contributed by atoms with van der Waals surface area (Å²) in [7, 11) is 0. The molecule has 0 spiro atoms. The molecule has 1 aromatic carbocycles. The zero-order chi connectivity index (χ0) is 17.4. The molecule has 2 unspecified atom stereocenters. The highest BCUT2D eigenvalue weighted by atomic mass is 32.2. The van der Waals surface area contributed by atoms with Gasteiger partial charge in [0.1, 0.15) is 16.1 Å². The molecule has 0 saturated heterocycles. The molecular formula is C14H18N2O6S. The number of nitro groups is 1. The largest absolute Gasteiger partial charge is 0.598 e. The van der Waals surface area contributed by atoms with Crippen molar-refractivity contribution in [1.82, 2.24) is 4.72 Å². The number of carboxylic acid groups (broad SMARTS) is 1. The van der Waals surface area contributed by atoms with Crippen molar-refractivity contribution in [3.63, 3.8) is 0 Å². The zero-order valence-electron chi connectivity index (χ0n) is 13.0. The topological polar surface area (TPSA) is 125 Å². The summed E-state index contributed by atoms with van der Waals surface area (Å²) in [5.41, 5.74) is -0.248. The molecule has 1 heterocycles. The van der Waals surface area contributed by atoms with Gasteiger partial charge >= 0.3 is 5.97 Å². The lowest BCUT2D eigenvalue weighted by Crippen LogP contribution is -2.42. The molecule has 9 heteroatoms. The Morgan fingerprint density at radius 1 is 1.48 bits per heavy atom. The second kappa shape index (κ2) is 6.34. The monoisotopic (exact) mass is 342 g/mol. The molecule has 2 atom stereocenters. The van der Waals surface area contributed by atoms with Crippen molar-refractivity contribution >= 4 is 23.0 Å².